The van der Waals surface area contributed by atoms with Crippen molar-refractivity contribution >= 4 is 96.6 Å². The molecule has 80 valence electrons. The molecule has 1 saturated heterocycles. The zero-order valence-electron chi connectivity index (χ0n) is 13.4. The van der Waals surface area contributed by atoms with E-state index in [1.54, 1.807) is 0 Å². The van der Waals surface area contributed by atoms with Crippen LogP contribution < -0.4 is 0 Å². The minimum Gasteiger partial charge on any atom is -0.0970 e. The van der Waals surface area contributed by atoms with E-state index < -0.39 is 0 Å². The van der Waals surface area contributed by atoms with E-state index in [4.69, 9.17) is 0 Å². The van der Waals surface area contributed by atoms with Crippen LogP contribution in [0.1, 0.15) is 0 Å². The lowest BCUT2D eigenvalue weighted by molar-refractivity contribution is 2.36. The van der Waals surface area contributed by atoms with Gasteiger partial charge in [0.05, 0.1) is 28.7 Å². The summed E-state index contributed by atoms with van der Waals surface area (Å²) in [5.41, 5.74) is 0. The topological polar surface area (TPSA) is 0 Å². The van der Waals surface area contributed by atoms with Gasteiger partial charge in [-0.25, -0.2) is 0 Å². The Morgan fingerprint density at radius 1 is 0.556 bits per heavy atom. The van der Waals surface area contributed by atoms with Crippen LogP contribution in [0.3, 0.4) is 0 Å². The summed E-state index contributed by atoms with van der Waals surface area (Å²) in [4.78, 5) is 0. The fraction of sp³-hybridized carbons (Fsp3) is 1.00. The van der Waals surface area contributed by atoms with E-state index in [0.717, 1.165) is 25.5 Å². The molecule has 0 bridgehead atoms. The van der Waals surface area contributed by atoms with Crippen LogP contribution in [0.25, 0.3) is 0 Å². The van der Waals surface area contributed by atoms with Crippen molar-refractivity contribution in [1.82, 2.24) is 0 Å². The second kappa shape index (κ2) is 9.76. The Labute approximate surface area is 124 Å². The van der Waals surface area contributed by atoms with Crippen LogP contribution in [0.5, 0.6) is 0 Å². The van der Waals surface area contributed by atoms with E-state index >= 15 is 0 Å². The van der Waals surface area contributed by atoms with Crippen molar-refractivity contribution in [2.75, 3.05) is 0 Å². The van der Waals surface area contributed by atoms with E-state index in [1.165, 1.54) is 71.0 Å². The molecule has 0 aliphatic carbocycles. The summed E-state index contributed by atoms with van der Waals surface area (Å²) in [5, 5.41) is 0. The molecule has 0 spiro atoms. The lowest BCUT2D eigenvalue weighted by Gasteiger charge is -2.27. The Kier molecular flexibility index (Phi) is 9.19. The van der Waals surface area contributed by atoms with Gasteiger partial charge in [0.25, 0.3) is 0 Å². The van der Waals surface area contributed by atoms with Gasteiger partial charge in [-0.1, -0.05) is 27.3 Å². The van der Waals surface area contributed by atoms with Crippen LogP contribution >= 0.6 is 0 Å². The molecule has 0 atom stereocenters. The summed E-state index contributed by atoms with van der Waals surface area (Å²) >= 11 is 0. The quantitative estimate of drug-likeness (QED) is 0.393. The maximum Gasteiger partial charge on any atom is 0.0734 e. The summed E-state index contributed by atoms with van der Waals surface area (Å²) in [6.45, 7) is 9.55. The summed E-state index contributed by atoms with van der Waals surface area (Å²) in [5.74, 6) is 0. The van der Waals surface area contributed by atoms with E-state index in [2.05, 4.69) is 27.3 Å². The largest absolute Gasteiger partial charge is 0.0970 e. The third-order valence-electron chi connectivity index (χ3n) is 5.22. The average molecular weight is 222 g/mol. The molecule has 0 N–H and O–H groups in total. The van der Waals surface area contributed by atoms with Crippen LogP contribution in [0.2, 0.25) is 27.3 Å². The highest BCUT2D eigenvalue weighted by Crippen LogP contribution is 1.94. The van der Waals surface area contributed by atoms with Gasteiger partial charge in [0.2, 0.25) is 0 Å². The molecule has 0 radical (unpaired) electrons. The minimum absolute atomic E-state index is 1.02. The van der Waals surface area contributed by atoms with Crippen LogP contribution in [-0.2, 0) is 0 Å². The number of hydrogen-bond acceptors (Lipinski definition) is 0. The highest BCUT2D eigenvalue weighted by molar-refractivity contribution is 8.04. The monoisotopic (exact) mass is 224 g/mol. The predicted molar refractivity (Wildman–Crippen MR) is 118 cm³/mol. The van der Waals surface area contributed by atoms with Crippen LogP contribution in [0, 0.1) is 0 Å². The molecule has 0 saturated carbocycles. The molecular weight excluding hydrogens is 199 g/mol. The van der Waals surface area contributed by atoms with Crippen molar-refractivity contribution in [3.63, 3.8) is 0 Å². The molecule has 1 heterocycles. The molecule has 0 nitrogen and oxygen atoms in total. The van der Waals surface area contributed by atoms with Crippen LogP contribution in [0.15, 0.2) is 0 Å². The van der Waals surface area contributed by atoms with Crippen molar-refractivity contribution < 1.29 is 0 Å². The maximum atomic E-state index is 2.41. The molecule has 0 amide bonds. The Balaban J connectivity index is 2.62. The fourth-order valence-electron chi connectivity index (χ4n) is 4.23. The molecule has 18 heavy (non-hydrogen) atoms. The Morgan fingerprint density at radius 2 is 0.889 bits per heavy atom. The number of hydrogen-bond donors (Lipinski definition) is 0. The third-order valence-corrected chi connectivity index (χ3v) is 5.22. The molecule has 1 aliphatic heterocycles. The summed E-state index contributed by atoms with van der Waals surface area (Å²) < 4.78 is 0. The Hall–Kier alpha value is 0.909. The molecule has 0 aromatic heterocycles. The first-order valence-corrected chi connectivity index (χ1v) is 8.73. The van der Waals surface area contributed by atoms with Gasteiger partial charge in [0.1, 0.15) is 0 Å². The van der Waals surface area contributed by atoms with Gasteiger partial charge in [-0.15, -0.1) is 0 Å². The van der Waals surface area contributed by atoms with Crippen LogP contribution in [0.4, 0.5) is 0 Å². The SMILES string of the molecule is CBBB1BB(BC)BB(BBC)BB(BC)B1. The minimum atomic E-state index is 1.02. The van der Waals surface area contributed by atoms with Gasteiger partial charge in [-0.3, -0.25) is 0 Å². The van der Waals surface area contributed by atoms with Crippen molar-refractivity contribution in [3.8, 4) is 0 Å². The zero-order valence-corrected chi connectivity index (χ0v) is 13.4. The van der Waals surface area contributed by atoms with Crippen molar-refractivity contribution in [1.29, 1.82) is 0 Å². The van der Waals surface area contributed by atoms with Gasteiger partial charge >= 0.3 is 0 Å². The summed E-state index contributed by atoms with van der Waals surface area (Å²) in [6.07, 6.45) is 4.12. The van der Waals surface area contributed by atoms with E-state index in [1.807, 2.05) is 0 Å². The zero-order chi connectivity index (χ0) is 13.4. The van der Waals surface area contributed by atoms with E-state index in [9.17, 15) is 0 Å². The van der Waals surface area contributed by atoms with Gasteiger partial charge in [0, 0.05) is 67.9 Å². The lowest BCUT2D eigenvalue weighted by atomic mass is 8.53. The molecule has 1 fully saturated rings. The predicted octanol–water partition coefficient (Wildman–Crippen LogP) is -5.67. The average Bonchev–Trinajstić information content (AvgIpc) is 2.34. The van der Waals surface area contributed by atoms with Gasteiger partial charge in [-0.2, -0.15) is 0 Å². The summed E-state index contributed by atoms with van der Waals surface area (Å²) in [6, 6.07) is 0. The molecule has 14 heteroatoms. The maximum absolute atomic E-state index is 2.41. The van der Waals surface area contributed by atoms with Crippen molar-refractivity contribution in [2.45, 2.75) is 27.3 Å². The smallest absolute Gasteiger partial charge is 0.0734 e. The molecular formula is C4H22B14. The standard InChI is InChI=1S/C4H22B14/c1-5-9-17-11-15(7-3)13-18(10-6-2)14-16(8-4)12-17/h5-14H,1-4H3. The number of rotatable bonds is 6. The van der Waals surface area contributed by atoms with Gasteiger partial charge in [0.15, 0.2) is 0 Å². The van der Waals surface area contributed by atoms with Gasteiger partial charge in [-0.05, 0) is 0 Å². The van der Waals surface area contributed by atoms with E-state index in [0.29, 0.717) is 0 Å². The first kappa shape index (κ1) is 17.0. The van der Waals surface area contributed by atoms with Crippen LogP contribution in [-0.4, -0.2) is 96.6 Å². The summed E-state index contributed by atoms with van der Waals surface area (Å²) in [7, 11) is 14.7. The van der Waals surface area contributed by atoms with E-state index in [-0.39, 0.29) is 0 Å². The molecule has 1 rings (SSSR count). The lowest BCUT2D eigenvalue weighted by Crippen LogP contribution is -2.67. The first-order chi connectivity index (χ1) is 8.73. The molecule has 0 aromatic rings. The molecule has 1 aliphatic rings. The van der Waals surface area contributed by atoms with Crippen molar-refractivity contribution in [3.05, 3.63) is 0 Å². The highest BCUT2D eigenvalue weighted by atomic mass is 13.2. The highest BCUT2D eigenvalue weighted by Gasteiger charge is 2.33. The second-order valence-electron chi connectivity index (χ2n) is 6.80. The normalized spacial score (nSPS) is 14.9. The molecule has 0 aromatic carbocycles. The Bertz CT molecular complexity index is 176. The first-order valence-electron chi connectivity index (χ1n) is 8.73. The second-order valence-corrected chi connectivity index (χ2v) is 6.80. The fourth-order valence-corrected chi connectivity index (χ4v) is 4.23. The Morgan fingerprint density at radius 3 is 1.11 bits per heavy atom. The molecule has 0 unspecified atom stereocenters. The third kappa shape index (κ3) is 5.91. The van der Waals surface area contributed by atoms with Crippen molar-refractivity contribution in [2.24, 2.45) is 0 Å². The van der Waals surface area contributed by atoms with Gasteiger partial charge < -0.3 is 0 Å².